The number of nitrogens with zero attached hydrogens (tertiary/aromatic N) is 1. The van der Waals surface area contributed by atoms with Crippen LogP contribution in [0.3, 0.4) is 0 Å². The second kappa shape index (κ2) is 8.68. The van der Waals surface area contributed by atoms with Crippen LogP contribution in [0.1, 0.15) is 28.4 Å². The van der Waals surface area contributed by atoms with Crippen molar-refractivity contribution in [3.05, 3.63) is 64.1 Å². The van der Waals surface area contributed by atoms with Crippen molar-refractivity contribution in [2.24, 2.45) is 0 Å². The molecule has 1 fully saturated rings. The van der Waals surface area contributed by atoms with Crippen LogP contribution < -0.4 is 9.64 Å². The SMILES string of the molecule is Cc1ccc(C(=O)O)cc1N1C(=O)/C(=C/c2ccc(OC(C)C(=O)O)cc2)SC1=S. The van der Waals surface area contributed by atoms with Crippen LogP contribution in [0, 0.1) is 6.92 Å². The summed E-state index contributed by atoms with van der Waals surface area (Å²) in [6.07, 6.45) is 0.692. The summed E-state index contributed by atoms with van der Waals surface area (Å²) in [7, 11) is 0. The van der Waals surface area contributed by atoms with E-state index in [4.69, 9.17) is 22.1 Å². The van der Waals surface area contributed by atoms with E-state index in [1.807, 2.05) is 0 Å². The lowest BCUT2D eigenvalue weighted by Crippen LogP contribution is -2.28. The monoisotopic (exact) mass is 443 g/mol. The molecule has 154 valence electrons. The Morgan fingerprint density at radius 3 is 2.43 bits per heavy atom. The zero-order valence-corrected chi connectivity index (χ0v) is 17.6. The average Bonchev–Trinajstić information content (AvgIpc) is 2.96. The lowest BCUT2D eigenvalue weighted by molar-refractivity contribution is -0.144. The van der Waals surface area contributed by atoms with E-state index in [1.54, 1.807) is 43.3 Å². The first-order chi connectivity index (χ1) is 14.2. The zero-order valence-electron chi connectivity index (χ0n) is 16.0. The van der Waals surface area contributed by atoms with Crippen molar-refractivity contribution in [1.29, 1.82) is 0 Å². The second-order valence-electron chi connectivity index (χ2n) is 6.49. The predicted octanol–water partition coefficient (Wildman–Crippen LogP) is 3.95. The van der Waals surface area contributed by atoms with Gasteiger partial charge in [-0.2, -0.15) is 0 Å². The van der Waals surface area contributed by atoms with Crippen molar-refractivity contribution in [2.45, 2.75) is 20.0 Å². The highest BCUT2D eigenvalue weighted by Crippen LogP contribution is 2.37. The number of carbonyl (C=O) groups excluding carboxylic acids is 1. The minimum atomic E-state index is -1.09. The van der Waals surface area contributed by atoms with Crippen molar-refractivity contribution >= 4 is 57.9 Å². The molecule has 9 heteroatoms. The number of benzene rings is 2. The van der Waals surface area contributed by atoms with Crippen LogP contribution in [0.4, 0.5) is 5.69 Å². The summed E-state index contributed by atoms with van der Waals surface area (Å²) < 4.78 is 5.60. The van der Waals surface area contributed by atoms with Gasteiger partial charge in [0.05, 0.1) is 16.2 Å². The van der Waals surface area contributed by atoms with Gasteiger partial charge in [-0.25, -0.2) is 9.59 Å². The van der Waals surface area contributed by atoms with Gasteiger partial charge in [-0.3, -0.25) is 9.69 Å². The van der Waals surface area contributed by atoms with Gasteiger partial charge in [-0.05, 0) is 55.3 Å². The molecular weight excluding hydrogens is 426 g/mol. The van der Waals surface area contributed by atoms with Gasteiger partial charge in [-0.15, -0.1) is 0 Å². The topological polar surface area (TPSA) is 104 Å². The smallest absolute Gasteiger partial charge is 0.344 e. The van der Waals surface area contributed by atoms with Crippen LogP contribution >= 0.6 is 24.0 Å². The second-order valence-corrected chi connectivity index (χ2v) is 8.17. The largest absolute Gasteiger partial charge is 0.479 e. The van der Waals surface area contributed by atoms with Crippen molar-refractivity contribution in [2.75, 3.05) is 4.90 Å². The van der Waals surface area contributed by atoms with Gasteiger partial charge >= 0.3 is 11.9 Å². The highest BCUT2D eigenvalue weighted by atomic mass is 32.2. The number of hydrogen-bond acceptors (Lipinski definition) is 6. The molecule has 30 heavy (non-hydrogen) atoms. The first-order valence-corrected chi connectivity index (χ1v) is 10.0. The summed E-state index contributed by atoms with van der Waals surface area (Å²) in [4.78, 5) is 36.8. The van der Waals surface area contributed by atoms with Crippen LogP contribution in [0.25, 0.3) is 6.08 Å². The van der Waals surface area contributed by atoms with E-state index < -0.39 is 18.0 Å². The number of ether oxygens (including phenoxy) is 1. The van der Waals surface area contributed by atoms with Crippen molar-refractivity contribution in [3.8, 4) is 5.75 Å². The van der Waals surface area contributed by atoms with Crippen molar-refractivity contribution < 1.29 is 29.3 Å². The number of thioether (sulfide) groups is 1. The molecule has 1 heterocycles. The molecule has 0 bridgehead atoms. The van der Waals surface area contributed by atoms with Crippen LogP contribution in [-0.4, -0.2) is 38.5 Å². The third kappa shape index (κ3) is 4.52. The molecule has 0 spiro atoms. The van der Waals surface area contributed by atoms with E-state index in [0.717, 1.165) is 17.3 Å². The van der Waals surface area contributed by atoms with Gasteiger partial charge in [0, 0.05) is 0 Å². The molecule has 0 aromatic heterocycles. The standard InChI is InChI=1S/C21H17NO6S2/c1-11-3-6-14(20(26)27)10-16(11)22-18(23)17(30-21(22)29)9-13-4-7-15(8-5-13)28-12(2)19(24)25/h3-10,12H,1-2H3,(H,24,25)(H,26,27)/b17-9-. The summed E-state index contributed by atoms with van der Waals surface area (Å²) in [5.74, 6) is -2.09. The maximum atomic E-state index is 13.0. The predicted molar refractivity (Wildman–Crippen MR) is 118 cm³/mol. The number of carbonyl (C=O) groups is 3. The summed E-state index contributed by atoms with van der Waals surface area (Å²) in [6.45, 7) is 3.21. The Labute approximate surface area is 182 Å². The quantitative estimate of drug-likeness (QED) is 0.511. The van der Waals surface area contributed by atoms with E-state index >= 15 is 0 Å². The fraction of sp³-hybridized carbons (Fsp3) is 0.143. The van der Waals surface area contributed by atoms with E-state index in [9.17, 15) is 19.5 Å². The number of amides is 1. The Bertz CT molecular complexity index is 1080. The number of thiocarbonyl (C=S) groups is 1. The normalized spacial score (nSPS) is 16.1. The Morgan fingerprint density at radius 1 is 1.17 bits per heavy atom. The molecule has 2 aromatic rings. The number of aliphatic carboxylic acids is 1. The number of hydrogen-bond donors (Lipinski definition) is 2. The molecule has 1 aliphatic rings. The summed E-state index contributed by atoms with van der Waals surface area (Å²) in [5.41, 5.74) is 1.94. The van der Waals surface area contributed by atoms with Gasteiger partial charge < -0.3 is 14.9 Å². The Kier molecular flexibility index (Phi) is 6.23. The summed E-state index contributed by atoms with van der Waals surface area (Å²) >= 11 is 6.48. The minimum Gasteiger partial charge on any atom is -0.479 e. The molecule has 0 aliphatic carbocycles. The zero-order chi connectivity index (χ0) is 22.0. The molecule has 1 amide bonds. The molecule has 3 rings (SSSR count). The molecular formula is C21H17NO6S2. The third-order valence-electron chi connectivity index (χ3n) is 4.33. The van der Waals surface area contributed by atoms with Gasteiger partial charge in [0.1, 0.15) is 5.75 Å². The van der Waals surface area contributed by atoms with Crippen LogP contribution in [-0.2, 0) is 9.59 Å². The van der Waals surface area contributed by atoms with E-state index in [0.29, 0.717) is 26.2 Å². The van der Waals surface area contributed by atoms with Gasteiger partial charge in [-0.1, -0.05) is 42.2 Å². The number of carboxylic acids is 2. The molecule has 1 saturated heterocycles. The number of aromatic carboxylic acids is 1. The van der Waals surface area contributed by atoms with Crippen LogP contribution in [0.5, 0.6) is 5.75 Å². The number of aryl methyl sites for hydroxylation is 1. The van der Waals surface area contributed by atoms with Gasteiger partial charge in [0.2, 0.25) is 0 Å². The Morgan fingerprint density at radius 2 is 1.83 bits per heavy atom. The summed E-state index contributed by atoms with van der Waals surface area (Å²) in [5, 5.41) is 18.1. The first kappa shape index (κ1) is 21.5. The number of anilines is 1. The molecule has 2 aromatic carbocycles. The fourth-order valence-corrected chi connectivity index (χ4v) is 3.99. The van der Waals surface area contributed by atoms with Crippen molar-refractivity contribution in [1.82, 2.24) is 0 Å². The maximum absolute atomic E-state index is 13.0. The molecule has 2 N–H and O–H groups in total. The molecule has 1 unspecified atom stereocenters. The first-order valence-electron chi connectivity index (χ1n) is 8.79. The molecule has 1 aliphatic heterocycles. The Balaban J connectivity index is 1.84. The van der Waals surface area contributed by atoms with E-state index in [2.05, 4.69) is 0 Å². The highest BCUT2D eigenvalue weighted by molar-refractivity contribution is 8.27. The average molecular weight is 444 g/mol. The van der Waals surface area contributed by atoms with Crippen LogP contribution in [0.2, 0.25) is 0 Å². The van der Waals surface area contributed by atoms with Crippen molar-refractivity contribution in [3.63, 3.8) is 0 Å². The molecule has 0 saturated carbocycles. The maximum Gasteiger partial charge on any atom is 0.344 e. The van der Waals surface area contributed by atoms with Gasteiger partial charge in [0.25, 0.3) is 5.91 Å². The fourth-order valence-electron chi connectivity index (χ4n) is 2.71. The minimum absolute atomic E-state index is 0.0693. The number of carboxylic acid groups (broad SMARTS) is 2. The third-order valence-corrected chi connectivity index (χ3v) is 5.63. The lowest BCUT2D eigenvalue weighted by atomic mass is 10.1. The molecule has 7 nitrogen and oxygen atoms in total. The Hall–Kier alpha value is -3.17. The van der Waals surface area contributed by atoms with Gasteiger partial charge in [0.15, 0.2) is 10.4 Å². The van der Waals surface area contributed by atoms with Crippen LogP contribution in [0.15, 0.2) is 47.4 Å². The number of rotatable bonds is 6. The van der Waals surface area contributed by atoms with E-state index in [-0.39, 0.29) is 11.5 Å². The highest BCUT2D eigenvalue weighted by Gasteiger charge is 2.34. The van der Waals surface area contributed by atoms with E-state index in [1.165, 1.54) is 24.0 Å². The molecule has 0 radical (unpaired) electrons. The lowest BCUT2D eigenvalue weighted by Gasteiger charge is -2.17. The molecule has 1 atom stereocenters. The summed E-state index contributed by atoms with van der Waals surface area (Å²) in [6, 6.07) is 11.2.